The summed E-state index contributed by atoms with van der Waals surface area (Å²) in [6.45, 7) is -0.0809. The highest BCUT2D eigenvalue weighted by atomic mass is 32.1. The van der Waals surface area contributed by atoms with Crippen LogP contribution in [-0.4, -0.2) is 27.4 Å². The fraction of sp³-hybridized carbons (Fsp3) is 0.143. The number of aromatic nitrogens is 3. The Balaban J connectivity index is 1.36. The van der Waals surface area contributed by atoms with E-state index in [1.54, 1.807) is 18.7 Å². The highest BCUT2D eigenvalue weighted by Crippen LogP contribution is 2.38. The number of hydrogen-bond acceptors (Lipinski definition) is 7. The first-order chi connectivity index (χ1) is 17.6. The summed E-state index contributed by atoms with van der Waals surface area (Å²) in [5, 5.41) is 2.55. The number of rotatable bonds is 5. The van der Waals surface area contributed by atoms with E-state index in [1.807, 2.05) is 48.5 Å². The van der Waals surface area contributed by atoms with E-state index in [1.165, 1.54) is 21.8 Å². The van der Waals surface area contributed by atoms with Crippen LogP contribution < -0.4 is 10.3 Å². The molecular formula is C28H21N3O4S. The maximum atomic E-state index is 13.4. The Kier molecular flexibility index (Phi) is 5.58. The number of fused-ring (bicyclic) bond motifs is 3. The zero-order chi connectivity index (χ0) is 24.6. The minimum Gasteiger partial charge on any atom is -0.497 e. The van der Waals surface area contributed by atoms with Crippen molar-refractivity contribution in [2.45, 2.75) is 19.4 Å². The molecule has 0 N–H and O–H groups in total. The minimum atomic E-state index is -0.441. The van der Waals surface area contributed by atoms with Gasteiger partial charge in [-0.1, -0.05) is 30.3 Å². The molecule has 0 saturated heterocycles. The number of esters is 1. The van der Waals surface area contributed by atoms with E-state index in [0.29, 0.717) is 22.6 Å². The van der Waals surface area contributed by atoms with Crippen LogP contribution in [0, 0.1) is 0 Å². The maximum Gasteiger partial charge on any atom is 0.339 e. The molecule has 3 aromatic heterocycles. The standard InChI is InChI=1S/C28H21N3O4S/c1-34-20-9-6-17(7-10-20)14-18-8-11-22-25(21-4-2-3-5-23(21)30-26(18)22)27(33)35-16-19-15-24(32)31-12-13-36-28(31)29-19/h2-7,9-10,12-15H,8,11,16H2,1H3/b18-14+. The Hall–Kier alpha value is -4.30. The molecule has 2 aromatic carbocycles. The summed E-state index contributed by atoms with van der Waals surface area (Å²) in [6, 6.07) is 16.8. The molecule has 0 amide bonds. The number of para-hydroxylation sites is 1. The van der Waals surface area contributed by atoms with Crippen molar-refractivity contribution in [3.05, 3.63) is 105 Å². The molecule has 0 atom stereocenters. The number of carbonyl (C=O) groups excluding carboxylic acids is 1. The fourth-order valence-electron chi connectivity index (χ4n) is 4.59. The number of carbonyl (C=O) groups is 1. The van der Waals surface area contributed by atoms with Gasteiger partial charge in [-0.3, -0.25) is 9.20 Å². The Morgan fingerprint density at radius 2 is 1.94 bits per heavy atom. The summed E-state index contributed by atoms with van der Waals surface area (Å²) in [7, 11) is 1.64. The number of allylic oxidation sites excluding steroid dienone is 1. The van der Waals surface area contributed by atoms with Crippen molar-refractivity contribution in [1.29, 1.82) is 0 Å². The van der Waals surface area contributed by atoms with Crippen LogP contribution in [0.1, 0.15) is 39.3 Å². The van der Waals surface area contributed by atoms with E-state index in [9.17, 15) is 9.59 Å². The van der Waals surface area contributed by atoms with Gasteiger partial charge in [0, 0.05) is 23.0 Å². The van der Waals surface area contributed by atoms with Crippen LogP contribution in [0.4, 0.5) is 0 Å². The SMILES string of the molecule is COc1ccc(/C=C2\CCc3c2nc2ccccc2c3C(=O)OCc2cc(=O)n3ccsc3n2)cc1. The number of pyridine rings is 1. The van der Waals surface area contributed by atoms with Crippen LogP contribution >= 0.6 is 11.3 Å². The average Bonchev–Trinajstić information content (AvgIpc) is 3.54. The first-order valence-electron chi connectivity index (χ1n) is 11.5. The highest BCUT2D eigenvalue weighted by molar-refractivity contribution is 7.15. The van der Waals surface area contributed by atoms with E-state index in [4.69, 9.17) is 14.5 Å². The van der Waals surface area contributed by atoms with E-state index < -0.39 is 5.97 Å². The number of benzene rings is 2. The Morgan fingerprint density at radius 1 is 1.11 bits per heavy atom. The lowest BCUT2D eigenvalue weighted by Gasteiger charge is -2.12. The van der Waals surface area contributed by atoms with Gasteiger partial charge in [-0.15, -0.1) is 11.3 Å². The Bertz CT molecular complexity index is 1720. The second kappa shape index (κ2) is 9.05. The second-order valence-corrected chi connectivity index (χ2v) is 9.36. The minimum absolute atomic E-state index is 0.0809. The number of thiazole rings is 1. The molecular weight excluding hydrogens is 474 g/mol. The van der Waals surface area contributed by atoms with E-state index in [-0.39, 0.29) is 12.2 Å². The first-order valence-corrected chi connectivity index (χ1v) is 12.4. The number of nitrogens with zero attached hydrogens (tertiary/aromatic N) is 3. The van der Waals surface area contributed by atoms with Gasteiger partial charge in [0.25, 0.3) is 5.56 Å². The van der Waals surface area contributed by atoms with E-state index in [2.05, 4.69) is 11.1 Å². The second-order valence-electron chi connectivity index (χ2n) is 8.49. The average molecular weight is 496 g/mol. The summed E-state index contributed by atoms with van der Waals surface area (Å²) in [5.41, 5.74) is 5.33. The van der Waals surface area contributed by atoms with Gasteiger partial charge in [-0.05, 0) is 53.8 Å². The number of hydrogen-bond donors (Lipinski definition) is 0. The largest absolute Gasteiger partial charge is 0.497 e. The van der Waals surface area contributed by atoms with E-state index in [0.717, 1.165) is 45.5 Å². The summed E-state index contributed by atoms with van der Waals surface area (Å²) in [6.07, 6.45) is 5.25. The summed E-state index contributed by atoms with van der Waals surface area (Å²) >= 11 is 1.36. The predicted molar refractivity (Wildman–Crippen MR) is 139 cm³/mol. The first kappa shape index (κ1) is 22.2. The third-order valence-corrected chi connectivity index (χ3v) is 7.07. The molecule has 0 spiro atoms. The molecule has 0 unspecified atom stereocenters. The predicted octanol–water partition coefficient (Wildman–Crippen LogP) is 5.16. The molecule has 3 heterocycles. The van der Waals surface area contributed by atoms with Crippen molar-refractivity contribution >= 4 is 44.8 Å². The summed E-state index contributed by atoms with van der Waals surface area (Å²) in [4.78, 5) is 35.6. The summed E-state index contributed by atoms with van der Waals surface area (Å²) in [5.74, 6) is 0.359. The molecule has 0 aliphatic heterocycles. The van der Waals surface area contributed by atoms with Gasteiger partial charge in [-0.25, -0.2) is 14.8 Å². The topological polar surface area (TPSA) is 82.8 Å². The molecule has 178 valence electrons. The van der Waals surface area contributed by atoms with Crippen LogP contribution in [0.2, 0.25) is 0 Å². The zero-order valence-corrected chi connectivity index (χ0v) is 20.2. The van der Waals surface area contributed by atoms with E-state index >= 15 is 0 Å². The van der Waals surface area contributed by atoms with Gasteiger partial charge in [0.15, 0.2) is 4.96 Å². The Labute approximate surface area is 210 Å². The van der Waals surface area contributed by atoms with Crippen LogP contribution in [-0.2, 0) is 17.8 Å². The normalized spacial score (nSPS) is 13.9. The summed E-state index contributed by atoms with van der Waals surface area (Å²) < 4.78 is 12.4. The molecule has 7 nitrogen and oxygen atoms in total. The quantitative estimate of drug-likeness (QED) is 0.314. The van der Waals surface area contributed by atoms with Gasteiger partial charge in [0.2, 0.25) is 0 Å². The van der Waals surface area contributed by atoms with Gasteiger partial charge in [0.05, 0.1) is 29.6 Å². The van der Waals surface area contributed by atoms with Gasteiger partial charge >= 0.3 is 5.97 Å². The molecule has 0 fully saturated rings. The molecule has 1 aliphatic rings. The molecule has 5 aromatic rings. The zero-order valence-electron chi connectivity index (χ0n) is 19.4. The molecule has 8 heteroatoms. The van der Waals surface area contributed by atoms with Crippen molar-refractivity contribution in [3.63, 3.8) is 0 Å². The highest BCUT2D eigenvalue weighted by Gasteiger charge is 2.27. The number of methoxy groups -OCH3 is 1. The van der Waals surface area contributed by atoms with Crippen molar-refractivity contribution in [1.82, 2.24) is 14.4 Å². The van der Waals surface area contributed by atoms with Gasteiger partial charge < -0.3 is 9.47 Å². The van der Waals surface area contributed by atoms with Crippen LogP contribution in [0.3, 0.4) is 0 Å². The third-order valence-electron chi connectivity index (χ3n) is 6.31. The fourth-order valence-corrected chi connectivity index (χ4v) is 5.33. The monoisotopic (exact) mass is 495 g/mol. The lowest BCUT2D eigenvalue weighted by atomic mass is 10.0. The van der Waals surface area contributed by atoms with Crippen molar-refractivity contribution in [3.8, 4) is 5.75 Å². The van der Waals surface area contributed by atoms with Crippen LogP contribution in [0.15, 0.2) is 71.0 Å². The van der Waals surface area contributed by atoms with Crippen LogP contribution in [0.5, 0.6) is 5.75 Å². The maximum absolute atomic E-state index is 13.4. The van der Waals surface area contributed by atoms with Crippen LogP contribution in [0.25, 0.3) is 27.5 Å². The van der Waals surface area contributed by atoms with Crippen molar-refractivity contribution < 1.29 is 14.3 Å². The van der Waals surface area contributed by atoms with Crippen molar-refractivity contribution in [2.75, 3.05) is 7.11 Å². The molecule has 6 rings (SSSR count). The van der Waals surface area contributed by atoms with Gasteiger partial charge in [0.1, 0.15) is 12.4 Å². The molecule has 1 aliphatic carbocycles. The van der Waals surface area contributed by atoms with Gasteiger partial charge in [-0.2, -0.15) is 0 Å². The van der Waals surface area contributed by atoms with Crippen molar-refractivity contribution in [2.24, 2.45) is 0 Å². The smallest absolute Gasteiger partial charge is 0.339 e. The third kappa shape index (κ3) is 3.95. The molecule has 36 heavy (non-hydrogen) atoms. The lowest BCUT2D eigenvalue weighted by molar-refractivity contribution is 0.0469. The molecule has 0 bridgehead atoms. The molecule has 0 radical (unpaired) electrons. The Morgan fingerprint density at radius 3 is 2.78 bits per heavy atom. The lowest BCUT2D eigenvalue weighted by Crippen LogP contribution is -2.15. The number of ether oxygens (including phenoxy) is 2. The molecule has 0 saturated carbocycles.